The quantitative estimate of drug-likeness (QED) is 0.743. The molecule has 0 aliphatic rings. The number of hydrogen-bond donors (Lipinski definition) is 1. The summed E-state index contributed by atoms with van der Waals surface area (Å²) in [6, 6.07) is 7.87. The highest BCUT2D eigenvalue weighted by Crippen LogP contribution is 2.16. The summed E-state index contributed by atoms with van der Waals surface area (Å²) in [6.45, 7) is 3.69. The van der Waals surface area contributed by atoms with Crippen LogP contribution in [-0.2, 0) is 17.9 Å². The standard InChI is InChI=1S/C18H21N5O3/c1-11-16-12(2)26-21-17(16)18(25)23(20-11)10-15(24)19-9-13-5-7-14(8-6-13)22(3)4/h5-8H,9-10H2,1-4H3,(H,19,24). The van der Waals surface area contributed by atoms with Crippen molar-refractivity contribution in [1.82, 2.24) is 20.3 Å². The lowest BCUT2D eigenvalue weighted by atomic mass is 10.2. The lowest BCUT2D eigenvalue weighted by Gasteiger charge is -2.13. The Hall–Kier alpha value is -3.16. The molecule has 0 aliphatic heterocycles. The van der Waals surface area contributed by atoms with Crippen molar-refractivity contribution in [3.8, 4) is 0 Å². The van der Waals surface area contributed by atoms with Crippen LogP contribution in [0.2, 0.25) is 0 Å². The van der Waals surface area contributed by atoms with Crippen molar-refractivity contribution in [1.29, 1.82) is 0 Å². The Morgan fingerprint density at radius 2 is 1.92 bits per heavy atom. The van der Waals surface area contributed by atoms with E-state index >= 15 is 0 Å². The van der Waals surface area contributed by atoms with Gasteiger partial charge in [0.1, 0.15) is 12.3 Å². The molecule has 0 aliphatic carbocycles. The van der Waals surface area contributed by atoms with Crippen molar-refractivity contribution in [3.63, 3.8) is 0 Å². The molecular formula is C18H21N5O3. The minimum absolute atomic E-state index is 0.169. The summed E-state index contributed by atoms with van der Waals surface area (Å²) in [5.74, 6) is 0.245. The number of amides is 1. The Morgan fingerprint density at radius 1 is 1.23 bits per heavy atom. The van der Waals surface area contributed by atoms with Gasteiger partial charge in [-0.15, -0.1) is 0 Å². The number of nitrogens with zero attached hydrogens (tertiary/aromatic N) is 4. The Labute approximate surface area is 150 Å². The number of carbonyl (C=O) groups is 1. The van der Waals surface area contributed by atoms with Crippen LogP contribution < -0.4 is 15.8 Å². The predicted molar refractivity (Wildman–Crippen MR) is 98.2 cm³/mol. The van der Waals surface area contributed by atoms with Gasteiger partial charge in [0.15, 0.2) is 5.52 Å². The summed E-state index contributed by atoms with van der Waals surface area (Å²) in [4.78, 5) is 26.6. The van der Waals surface area contributed by atoms with Crippen molar-refractivity contribution in [2.24, 2.45) is 0 Å². The monoisotopic (exact) mass is 355 g/mol. The topological polar surface area (TPSA) is 93.3 Å². The lowest BCUT2D eigenvalue weighted by molar-refractivity contribution is -0.122. The number of fused-ring (bicyclic) bond motifs is 1. The fourth-order valence-corrected chi connectivity index (χ4v) is 2.75. The molecule has 0 unspecified atom stereocenters. The van der Waals surface area contributed by atoms with E-state index in [0.717, 1.165) is 15.9 Å². The van der Waals surface area contributed by atoms with Crippen molar-refractivity contribution in [2.45, 2.75) is 26.9 Å². The molecule has 1 N–H and O–H groups in total. The van der Waals surface area contributed by atoms with Crippen LogP contribution in [0.4, 0.5) is 5.69 Å². The number of benzene rings is 1. The van der Waals surface area contributed by atoms with E-state index in [1.807, 2.05) is 43.3 Å². The first-order valence-corrected chi connectivity index (χ1v) is 8.23. The average molecular weight is 355 g/mol. The maximum absolute atomic E-state index is 12.4. The van der Waals surface area contributed by atoms with Gasteiger partial charge in [0, 0.05) is 26.3 Å². The van der Waals surface area contributed by atoms with Crippen LogP contribution in [0.1, 0.15) is 17.0 Å². The van der Waals surface area contributed by atoms with Gasteiger partial charge in [0.2, 0.25) is 5.91 Å². The summed E-state index contributed by atoms with van der Waals surface area (Å²) in [5.41, 5.74) is 2.42. The second-order valence-electron chi connectivity index (χ2n) is 6.35. The Bertz CT molecular complexity index is 1000. The zero-order valence-corrected chi connectivity index (χ0v) is 15.2. The first kappa shape index (κ1) is 17.7. The number of nitrogens with one attached hydrogen (secondary N) is 1. The molecule has 136 valence electrons. The van der Waals surface area contributed by atoms with Crippen LogP contribution in [0.5, 0.6) is 0 Å². The van der Waals surface area contributed by atoms with Gasteiger partial charge in [0.25, 0.3) is 5.56 Å². The Kier molecular flexibility index (Phi) is 4.75. The number of anilines is 1. The molecule has 0 spiro atoms. The second kappa shape index (κ2) is 6.99. The van der Waals surface area contributed by atoms with Gasteiger partial charge in [-0.2, -0.15) is 5.10 Å². The van der Waals surface area contributed by atoms with E-state index in [1.54, 1.807) is 13.8 Å². The molecule has 0 saturated carbocycles. The maximum atomic E-state index is 12.4. The van der Waals surface area contributed by atoms with Crippen LogP contribution in [0.15, 0.2) is 33.6 Å². The van der Waals surface area contributed by atoms with Crippen LogP contribution in [-0.4, -0.2) is 34.9 Å². The van der Waals surface area contributed by atoms with E-state index < -0.39 is 5.56 Å². The SMILES string of the molecule is Cc1nn(CC(=O)NCc2ccc(N(C)C)cc2)c(=O)c2noc(C)c12. The fraction of sp³-hybridized carbons (Fsp3) is 0.333. The van der Waals surface area contributed by atoms with Gasteiger partial charge in [-0.1, -0.05) is 17.3 Å². The van der Waals surface area contributed by atoms with E-state index in [4.69, 9.17) is 4.52 Å². The van der Waals surface area contributed by atoms with E-state index in [9.17, 15) is 9.59 Å². The zero-order chi connectivity index (χ0) is 18.8. The summed E-state index contributed by atoms with van der Waals surface area (Å²) in [6.07, 6.45) is 0. The normalized spacial score (nSPS) is 10.9. The number of rotatable bonds is 5. The molecule has 0 atom stereocenters. The van der Waals surface area contributed by atoms with Crippen molar-refractivity contribution in [3.05, 3.63) is 51.6 Å². The molecule has 8 nitrogen and oxygen atoms in total. The summed E-state index contributed by atoms with van der Waals surface area (Å²) < 4.78 is 6.18. The van der Waals surface area contributed by atoms with Gasteiger partial charge < -0.3 is 14.7 Å². The largest absolute Gasteiger partial charge is 0.378 e. The number of hydrogen-bond acceptors (Lipinski definition) is 6. The van der Waals surface area contributed by atoms with Crippen molar-refractivity contribution in [2.75, 3.05) is 19.0 Å². The average Bonchev–Trinajstić information content (AvgIpc) is 3.00. The minimum atomic E-state index is -0.437. The molecule has 3 rings (SSSR count). The van der Waals surface area contributed by atoms with Gasteiger partial charge in [0.05, 0.1) is 11.1 Å². The molecule has 0 fully saturated rings. The summed E-state index contributed by atoms with van der Waals surface area (Å²) in [5, 5.41) is 11.4. The van der Waals surface area contributed by atoms with Crippen LogP contribution in [0.3, 0.4) is 0 Å². The highest BCUT2D eigenvalue weighted by atomic mass is 16.5. The molecule has 2 heterocycles. The molecule has 0 saturated heterocycles. The van der Waals surface area contributed by atoms with E-state index in [0.29, 0.717) is 23.4 Å². The third-order valence-corrected chi connectivity index (χ3v) is 4.17. The highest BCUT2D eigenvalue weighted by molar-refractivity contribution is 5.82. The minimum Gasteiger partial charge on any atom is -0.378 e. The van der Waals surface area contributed by atoms with Crippen molar-refractivity contribution >= 4 is 22.5 Å². The van der Waals surface area contributed by atoms with Gasteiger partial charge >= 0.3 is 0 Å². The molecule has 3 aromatic rings. The smallest absolute Gasteiger partial charge is 0.297 e. The first-order valence-electron chi connectivity index (χ1n) is 8.23. The maximum Gasteiger partial charge on any atom is 0.297 e. The Balaban J connectivity index is 1.69. The van der Waals surface area contributed by atoms with Crippen LogP contribution in [0.25, 0.3) is 10.9 Å². The lowest BCUT2D eigenvalue weighted by Crippen LogP contribution is -2.34. The third-order valence-electron chi connectivity index (χ3n) is 4.17. The molecule has 26 heavy (non-hydrogen) atoms. The molecule has 0 radical (unpaired) electrons. The Morgan fingerprint density at radius 3 is 2.58 bits per heavy atom. The number of aromatic nitrogens is 3. The van der Waals surface area contributed by atoms with Gasteiger partial charge in [-0.3, -0.25) is 9.59 Å². The molecular weight excluding hydrogens is 334 g/mol. The van der Waals surface area contributed by atoms with Gasteiger partial charge in [-0.25, -0.2) is 4.68 Å². The first-order chi connectivity index (χ1) is 12.4. The second-order valence-corrected chi connectivity index (χ2v) is 6.35. The molecule has 2 aromatic heterocycles. The predicted octanol–water partition coefficient (Wildman–Crippen LogP) is 1.38. The third kappa shape index (κ3) is 3.44. The molecule has 1 aromatic carbocycles. The molecule has 0 bridgehead atoms. The fourth-order valence-electron chi connectivity index (χ4n) is 2.75. The number of carbonyl (C=O) groups excluding carboxylic acids is 1. The van der Waals surface area contributed by atoms with E-state index in [2.05, 4.69) is 15.6 Å². The summed E-state index contributed by atoms with van der Waals surface area (Å²) >= 11 is 0. The number of aryl methyl sites for hydroxylation is 2. The highest BCUT2D eigenvalue weighted by Gasteiger charge is 2.16. The summed E-state index contributed by atoms with van der Waals surface area (Å²) in [7, 11) is 3.94. The molecule has 8 heteroatoms. The van der Waals surface area contributed by atoms with E-state index in [1.165, 1.54) is 0 Å². The molecule has 1 amide bonds. The van der Waals surface area contributed by atoms with Crippen LogP contribution >= 0.6 is 0 Å². The van der Waals surface area contributed by atoms with Crippen LogP contribution in [0, 0.1) is 13.8 Å². The van der Waals surface area contributed by atoms with Gasteiger partial charge in [-0.05, 0) is 31.5 Å². The van der Waals surface area contributed by atoms with E-state index in [-0.39, 0.29) is 18.0 Å². The van der Waals surface area contributed by atoms with Crippen molar-refractivity contribution < 1.29 is 9.32 Å². The zero-order valence-electron chi connectivity index (χ0n) is 15.2.